The number of carbonyl (C=O) groups is 1. The van der Waals surface area contributed by atoms with E-state index in [1.165, 1.54) is 11.6 Å². The zero-order valence-electron chi connectivity index (χ0n) is 6.75. The lowest BCUT2D eigenvalue weighted by atomic mass is 10.1. The van der Waals surface area contributed by atoms with E-state index in [0.717, 1.165) is 5.56 Å². The first-order chi connectivity index (χ1) is 5.74. The van der Waals surface area contributed by atoms with Crippen molar-refractivity contribution in [2.75, 3.05) is 0 Å². The summed E-state index contributed by atoms with van der Waals surface area (Å²) < 4.78 is 0. The van der Waals surface area contributed by atoms with Gasteiger partial charge in [0, 0.05) is 11.1 Å². The maximum Gasteiger partial charge on any atom is 0.186 e. The van der Waals surface area contributed by atoms with Gasteiger partial charge in [-0.1, -0.05) is 41.4 Å². The first kappa shape index (κ1) is 9.01. The maximum atomic E-state index is 11.2. The molecule has 0 radical (unpaired) electrons. The molecule has 2 heteroatoms. The molecular formula is C10H9ClO. The van der Waals surface area contributed by atoms with Crippen molar-refractivity contribution in [3.63, 3.8) is 0 Å². The third kappa shape index (κ3) is 2.21. The van der Waals surface area contributed by atoms with Gasteiger partial charge >= 0.3 is 0 Å². The highest BCUT2D eigenvalue weighted by Crippen LogP contribution is 2.04. The van der Waals surface area contributed by atoms with E-state index in [2.05, 4.69) is 0 Å². The van der Waals surface area contributed by atoms with Crippen molar-refractivity contribution in [1.29, 1.82) is 0 Å². The molecule has 0 amide bonds. The molecule has 0 aromatic heterocycles. The first-order valence-corrected chi connectivity index (χ1v) is 4.05. The molecule has 0 bridgehead atoms. The lowest BCUT2D eigenvalue weighted by molar-refractivity contribution is 0.104. The Morgan fingerprint density at radius 2 is 1.92 bits per heavy atom. The average molecular weight is 181 g/mol. The number of aryl methyl sites for hydroxylation is 1. The van der Waals surface area contributed by atoms with Crippen LogP contribution in [0.15, 0.2) is 35.9 Å². The van der Waals surface area contributed by atoms with Gasteiger partial charge in [0.1, 0.15) is 0 Å². The topological polar surface area (TPSA) is 17.1 Å². The van der Waals surface area contributed by atoms with Gasteiger partial charge in [-0.2, -0.15) is 0 Å². The molecule has 0 fully saturated rings. The predicted octanol–water partition coefficient (Wildman–Crippen LogP) is 2.93. The molecule has 12 heavy (non-hydrogen) atoms. The molecule has 1 rings (SSSR count). The third-order valence-electron chi connectivity index (χ3n) is 1.55. The molecule has 62 valence electrons. The minimum atomic E-state index is -0.0648. The number of benzene rings is 1. The zero-order chi connectivity index (χ0) is 8.97. The Morgan fingerprint density at radius 1 is 1.33 bits per heavy atom. The predicted molar refractivity (Wildman–Crippen MR) is 50.5 cm³/mol. The summed E-state index contributed by atoms with van der Waals surface area (Å²) in [5.74, 6) is -0.0648. The summed E-state index contributed by atoms with van der Waals surface area (Å²) in [7, 11) is 0. The Balaban J connectivity index is 2.90. The van der Waals surface area contributed by atoms with Crippen molar-refractivity contribution in [2.45, 2.75) is 6.92 Å². The summed E-state index contributed by atoms with van der Waals surface area (Å²) in [6, 6.07) is 7.37. The second-order valence-electron chi connectivity index (χ2n) is 2.52. The Hall–Kier alpha value is -1.08. The number of rotatable bonds is 2. The van der Waals surface area contributed by atoms with E-state index in [0.29, 0.717) is 5.56 Å². The zero-order valence-corrected chi connectivity index (χ0v) is 7.51. The molecule has 0 atom stereocenters. The van der Waals surface area contributed by atoms with Gasteiger partial charge in [0.05, 0.1) is 0 Å². The second-order valence-corrected chi connectivity index (χ2v) is 2.77. The van der Waals surface area contributed by atoms with Crippen LogP contribution in [-0.4, -0.2) is 5.78 Å². The first-order valence-electron chi connectivity index (χ1n) is 3.62. The van der Waals surface area contributed by atoms with E-state index in [9.17, 15) is 4.79 Å². The van der Waals surface area contributed by atoms with Crippen LogP contribution in [0.3, 0.4) is 0 Å². The summed E-state index contributed by atoms with van der Waals surface area (Å²) >= 11 is 5.28. The van der Waals surface area contributed by atoms with E-state index >= 15 is 0 Å². The smallest absolute Gasteiger partial charge is 0.186 e. The van der Waals surface area contributed by atoms with Gasteiger partial charge in [0.15, 0.2) is 5.78 Å². The highest BCUT2D eigenvalue weighted by atomic mass is 35.5. The van der Waals surface area contributed by atoms with Crippen molar-refractivity contribution in [2.24, 2.45) is 0 Å². The fourth-order valence-electron chi connectivity index (χ4n) is 0.871. The number of halogens is 1. The van der Waals surface area contributed by atoms with Crippen molar-refractivity contribution in [3.05, 3.63) is 47.0 Å². The van der Waals surface area contributed by atoms with Crippen LogP contribution < -0.4 is 0 Å². The molecule has 0 aliphatic carbocycles. The number of hydrogen-bond donors (Lipinski definition) is 0. The molecule has 0 heterocycles. The Kier molecular flexibility index (Phi) is 3.06. The van der Waals surface area contributed by atoms with Crippen LogP contribution >= 0.6 is 11.6 Å². The Morgan fingerprint density at radius 3 is 2.42 bits per heavy atom. The van der Waals surface area contributed by atoms with Crippen LogP contribution in [0.5, 0.6) is 0 Å². The molecule has 1 aromatic rings. The molecular weight excluding hydrogens is 172 g/mol. The second kappa shape index (κ2) is 4.07. The van der Waals surface area contributed by atoms with E-state index in [1.54, 1.807) is 12.1 Å². The van der Waals surface area contributed by atoms with Crippen LogP contribution in [0.1, 0.15) is 15.9 Å². The van der Waals surface area contributed by atoms with Gasteiger partial charge in [-0.25, -0.2) is 0 Å². The van der Waals surface area contributed by atoms with Crippen molar-refractivity contribution in [1.82, 2.24) is 0 Å². The van der Waals surface area contributed by atoms with Crippen molar-refractivity contribution in [3.8, 4) is 0 Å². The Bertz CT molecular complexity index is 298. The molecule has 0 saturated heterocycles. The van der Waals surface area contributed by atoms with Gasteiger partial charge in [-0.15, -0.1) is 0 Å². The van der Waals surface area contributed by atoms with Crippen LogP contribution in [0, 0.1) is 6.92 Å². The van der Waals surface area contributed by atoms with E-state index in [-0.39, 0.29) is 5.78 Å². The molecule has 0 spiro atoms. The standard InChI is InChI=1S/C10H9ClO/c1-8-2-4-9(5-3-8)10(12)6-7-11/h2-7H,1H3. The summed E-state index contributed by atoms with van der Waals surface area (Å²) in [5.41, 5.74) is 3.03. The molecule has 0 unspecified atom stereocenters. The lowest BCUT2D eigenvalue weighted by Gasteiger charge is -1.95. The van der Waals surface area contributed by atoms with E-state index in [1.807, 2.05) is 19.1 Å². The molecule has 1 nitrogen and oxygen atoms in total. The van der Waals surface area contributed by atoms with Gasteiger partial charge < -0.3 is 0 Å². The van der Waals surface area contributed by atoms with E-state index < -0.39 is 0 Å². The van der Waals surface area contributed by atoms with Gasteiger partial charge in [0.2, 0.25) is 0 Å². The maximum absolute atomic E-state index is 11.2. The molecule has 1 aromatic carbocycles. The molecule has 0 aliphatic heterocycles. The van der Waals surface area contributed by atoms with Crippen molar-refractivity contribution >= 4 is 17.4 Å². The molecule has 0 saturated carbocycles. The third-order valence-corrected chi connectivity index (χ3v) is 1.68. The summed E-state index contributed by atoms with van der Waals surface area (Å²) in [4.78, 5) is 11.2. The lowest BCUT2D eigenvalue weighted by Crippen LogP contribution is -1.92. The SMILES string of the molecule is Cc1ccc(C(=O)C=CCl)cc1. The highest BCUT2D eigenvalue weighted by molar-refractivity contribution is 6.27. The number of ketones is 1. The minimum absolute atomic E-state index is 0.0648. The minimum Gasteiger partial charge on any atom is -0.289 e. The van der Waals surface area contributed by atoms with Gasteiger partial charge in [0.25, 0.3) is 0 Å². The summed E-state index contributed by atoms with van der Waals surface area (Å²) in [5, 5.41) is 0. The fraction of sp³-hybridized carbons (Fsp3) is 0.100. The van der Waals surface area contributed by atoms with Gasteiger partial charge in [-0.3, -0.25) is 4.79 Å². The molecule has 0 aliphatic rings. The van der Waals surface area contributed by atoms with Crippen LogP contribution in [0.25, 0.3) is 0 Å². The average Bonchev–Trinajstić information content (AvgIpc) is 2.06. The summed E-state index contributed by atoms with van der Waals surface area (Å²) in [6.07, 6.45) is 1.34. The normalized spacial score (nSPS) is 10.5. The number of carbonyl (C=O) groups excluding carboxylic acids is 1. The largest absolute Gasteiger partial charge is 0.289 e. The Labute approximate surface area is 76.7 Å². The summed E-state index contributed by atoms with van der Waals surface area (Å²) in [6.45, 7) is 1.98. The molecule has 0 N–H and O–H groups in total. The fourth-order valence-corrected chi connectivity index (χ4v) is 0.986. The van der Waals surface area contributed by atoms with Gasteiger partial charge in [-0.05, 0) is 13.0 Å². The number of hydrogen-bond acceptors (Lipinski definition) is 1. The monoisotopic (exact) mass is 180 g/mol. The number of allylic oxidation sites excluding steroid dienone is 1. The highest BCUT2D eigenvalue weighted by Gasteiger charge is 1.98. The quantitative estimate of drug-likeness (QED) is 0.505. The van der Waals surface area contributed by atoms with Crippen LogP contribution in [0.2, 0.25) is 0 Å². The van der Waals surface area contributed by atoms with Crippen LogP contribution in [0.4, 0.5) is 0 Å². The van der Waals surface area contributed by atoms with E-state index in [4.69, 9.17) is 11.6 Å². The van der Waals surface area contributed by atoms with Crippen molar-refractivity contribution < 1.29 is 4.79 Å². The van der Waals surface area contributed by atoms with Crippen LogP contribution in [-0.2, 0) is 0 Å².